The molecule has 0 radical (unpaired) electrons. The maximum Gasteiger partial charge on any atom is 0.410 e. The first-order valence-corrected chi connectivity index (χ1v) is 12.1. The van der Waals surface area contributed by atoms with Gasteiger partial charge in [0.15, 0.2) is 5.82 Å². The van der Waals surface area contributed by atoms with Crippen molar-refractivity contribution in [2.75, 3.05) is 18.8 Å². The molecule has 1 amide bonds. The highest BCUT2D eigenvalue weighted by molar-refractivity contribution is 5.69. The topological polar surface area (TPSA) is 102 Å². The fourth-order valence-electron chi connectivity index (χ4n) is 4.87. The lowest BCUT2D eigenvalue weighted by molar-refractivity contribution is 0.00297. The number of ether oxygens (including phenoxy) is 1. The Kier molecular flexibility index (Phi) is 6.70. The van der Waals surface area contributed by atoms with Crippen molar-refractivity contribution in [1.82, 2.24) is 15.1 Å². The molecule has 1 aromatic carbocycles. The van der Waals surface area contributed by atoms with Crippen LogP contribution in [-0.2, 0) is 4.74 Å². The van der Waals surface area contributed by atoms with Crippen LogP contribution in [0.4, 0.5) is 10.6 Å². The van der Waals surface area contributed by atoms with Gasteiger partial charge in [-0.3, -0.25) is 0 Å². The number of amides is 1. The minimum atomic E-state index is -0.459. The van der Waals surface area contributed by atoms with Gasteiger partial charge in [-0.1, -0.05) is 24.0 Å². The molecule has 2 heterocycles. The molecule has 0 bridgehead atoms. The average Bonchev–Trinajstić information content (AvgIpc) is 2.79. The molecule has 1 aromatic heterocycles. The van der Waals surface area contributed by atoms with E-state index in [1.807, 2.05) is 31.7 Å². The fourth-order valence-corrected chi connectivity index (χ4v) is 4.87. The third-order valence-electron chi connectivity index (χ3n) is 6.94. The van der Waals surface area contributed by atoms with E-state index in [0.717, 1.165) is 51.6 Å². The first kappa shape index (κ1) is 23.9. The average molecular weight is 463 g/mol. The van der Waals surface area contributed by atoms with Crippen molar-refractivity contribution >= 4 is 11.9 Å². The number of aromatic hydroxyl groups is 1. The molecule has 4 rings (SSSR count). The molecule has 7 nitrogen and oxygen atoms in total. The molecule has 1 aliphatic carbocycles. The molecule has 2 aliphatic rings. The molecule has 34 heavy (non-hydrogen) atoms. The van der Waals surface area contributed by atoms with Crippen LogP contribution in [0.1, 0.15) is 64.9 Å². The van der Waals surface area contributed by atoms with Gasteiger partial charge in [-0.2, -0.15) is 0 Å². The lowest BCUT2D eigenvalue weighted by atomic mass is 9.65. The SMILES string of the molecule is CC(C)(C)OC(=O)N1CCC2(CCC(C#Cc3cc(-c4ccccc4O)nnc3N)CC2)CC1. The number of hydrogen-bond donors (Lipinski definition) is 2. The highest BCUT2D eigenvalue weighted by Crippen LogP contribution is 2.46. The molecular formula is C27H34N4O3. The number of phenolic OH excluding ortho intramolecular Hbond substituents is 1. The monoisotopic (exact) mass is 462 g/mol. The van der Waals surface area contributed by atoms with Gasteiger partial charge >= 0.3 is 6.09 Å². The smallest absolute Gasteiger partial charge is 0.410 e. The number of nitrogens with two attached hydrogens (primary N) is 1. The second-order valence-electron chi connectivity index (χ2n) is 10.6. The first-order valence-electron chi connectivity index (χ1n) is 12.1. The van der Waals surface area contributed by atoms with Gasteiger partial charge in [0.1, 0.15) is 11.4 Å². The number of para-hydroxylation sites is 1. The lowest BCUT2D eigenvalue weighted by Gasteiger charge is -2.45. The number of benzene rings is 1. The van der Waals surface area contributed by atoms with E-state index < -0.39 is 5.60 Å². The van der Waals surface area contributed by atoms with Gasteiger partial charge in [-0.25, -0.2) is 4.79 Å². The molecule has 2 fully saturated rings. The minimum Gasteiger partial charge on any atom is -0.507 e. The maximum atomic E-state index is 12.4. The van der Waals surface area contributed by atoms with Gasteiger partial charge in [-0.05, 0) is 82.9 Å². The van der Waals surface area contributed by atoms with Crippen LogP contribution in [0.25, 0.3) is 11.3 Å². The summed E-state index contributed by atoms with van der Waals surface area (Å²) >= 11 is 0. The molecule has 0 unspecified atom stereocenters. The van der Waals surface area contributed by atoms with Crippen LogP contribution in [0.2, 0.25) is 0 Å². The van der Waals surface area contributed by atoms with Gasteiger partial charge in [0.2, 0.25) is 0 Å². The van der Waals surface area contributed by atoms with Crippen LogP contribution in [-0.4, -0.2) is 45.0 Å². The molecule has 0 atom stereocenters. The number of nitrogen functional groups attached to an aromatic ring is 1. The Hall–Kier alpha value is -3.27. The van der Waals surface area contributed by atoms with Crippen molar-refractivity contribution < 1.29 is 14.6 Å². The van der Waals surface area contributed by atoms with E-state index in [0.29, 0.717) is 34.0 Å². The first-order chi connectivity index (χ1) is 16.1. The quantitative estimate of drug-likeness (QED) is 0.579. The van der Waals surface area contributed by atoms with Crippen LogP contribution in [0.5, 0.6) is 5.75 Å². The Bertz CT molecular complexity index is 1090. The summed E-state index contributed by atoms with van der Waals surface area (Å²) in [6, 6.07) is 8.81. The predicted octanol–water partition coefficient (Wildman–Crippen LogP) is 4.99. The Balaban J connectivity index is 1.35. The van der Waals surface area contributed by atoms with E-state index in [2.05, 4.69) is 22.0 Å². The van der Waals surface area contributed by atoms with Crippen LogP contribution < -0.4 is 5.73 Å². The predicted molar refractivity (Wildman–Crippen MR) is 132 cm³/mol. The van der Waals surface area contributed by atoms with Gasteiger partial charge < -0.3 is 20.5 Å². The molecule has 1 aliphatic heterocycles. The van der Waals surface area contributed by atoms with E-state index >= 15 is 0 Å². The summed E-state index contributed by atoms with van der Waals surface area (Å²) in [7, 11) is 0. The Morgan fingerprint density at radius 3 is 2.47 bits per heavy atom. The maximum absolute atomic E-state index is 12.4. The number of nitrogens with zero attached hydrogens (tertiary/aromatic N) is 3. The number of rotatable bonds is 1. The van der Waals surface area contributed by atoms with Gasteiger partial charge in [-0.15, -0.1) is 10.2 Å². The third-order valence-corrected chi connectivity index (χ3v) is 6.94. The van der Waals surface area contributed by atoms with Crippen LogP contribution in [0.15, 0.2) is 30.3 Å². The number of anilines is 1. The summed E-state index contributed by atoms with van der Waals surface area (Å²) < 4.78 is 5.53. The van der Waals surface area contributed by atoms with Crippen molar-refractivity contribution in [3.05, 3.63) is 35.9 Å². The van der Waals surface area contributed by atoms with Crippen molar-refractivity contribution in [1.29, 1.82) is 0 Å². The zero-order chi connectivity index (χ0) is 24.3. The Labute approximate surface area is 201 Å². The molecule has 1 saturated carbocycles. The van der Waals surface area contributed by atoms with E-state index in [9.17, 15) is 9.90 Å². The summed E-state index contributed by atoms with van der Waals surface area (Å²) in [5.41, 5.74) is 7.68. The largest absolute Gasteiger partial charge is 0.507 e. The van der Waals surface area contributed by atoms with Gasteiger partial charge in [0, 0.05) is 24.6 Å². The van der Waals surface area contributed by atoms with Crippen LogP contribution in [0.3, 0.4) is 0 Å². The number of aromatic nitrogens is 2. The van der Waals surface area contributed by atoms with Crippen LogP contribution in [0, 0.1) is 23.2 Å². The normalized spacial score (nSPS) is 18.3. The Morgan fingerprint density at radius 2 is 1.82 bits per heavy atom. The van der Waals surface area contributed by atoms with Crippen molar-refractivity contribution in [3.8, 4) is 28.8 Å². The van der Waals surface area contributed by atoms with Crippen molar-refractivity contribution in [2.45, 2.75) is 64.9 Å². The summed E-state index contributed by atoms with van der Waals surface area (Å²) in [4.78, 5) is 14.2. The molecule has 180 valence electrons. The highest BCUT2D eigenvalue weighted by atomic mass is 16.6. The second kappa shape index (κ2) is 9.54. The second-order valence-corrected chi connectivity index (χ2v) is 10.6. The highest BCUT2D eigenvalue weighted by Gasteiger charge is 2.39. The molecular weight excluding hydrogens is 428 g/mol. The van der Waals surface area contributed by atoms with E-state index in [1.165, 1.54) is 0 Å². The lowest BCUT2D eigenvalue weighted by Crippen LogP contribution is -2.46. The van der Waals surface area contributed by atoms with Gasteiger partial charge in [0.05, 0.1) is 11.3 Å². The third kappa shape index (κ3) is 5.61. The number of carbonyl (C=O) groups is 1. The van der Waals surface area contributed by atoms with E-state index in [4.69, 9.17) is 10.5 Å². The summed E-state index contributed by atoms with van der Waals surface area (Å²) in [6.07, 6.45) is 6.20. The molecule has 7 heteroatoms. The van der Waals surface area contributed by atoms with E-state index in [1.54, 1.807) is 24.3 Å². The molecule has 1 saturated heterocycles. The van der Waals surface area contributed by atoms with Crippen molar-refractivity contribution in [3.63, 3.8) is 0 Å². The minimum absolute atomic E-state index is 0.149. The Morgan fingerprint density at radius 1 is 1.15 bits per heavy atom. The molecule has 2 aromatic rings. The summed E-state index contributed by atoms with van der Waals surface area (Å²) in [5.74, 6) is 7.38. The summed E-state index contributed by atoms with van der Waals surface area (Å²) in [6.45, 7) is 7.24. The summed E-state index contributed by atoms with van der Waals surface area (Å²) in [5, 5.41) is 18.3. The zero-order valence-electron chi connectivity index (χ0n) is 20.3. The van der Waals surface area contributed by atoms with Crippen LogP contribution >= 0.6 is 0 Å². The fraction of sp³-hybridized carbons (Fsp3) is 0.519. The zero-order valence-corrected chi connectivity index (χ0v) is 20.3. The standard InChI is InChI=1S/C27H34N4O3/c1-26(2,3)34-25(33)31-16-14-27(15-17-31)12-10-19(11-13-27)8-9-20-18-22(29-30-24(20)28)21-6-4-5-7-23(21)32/h4-7,18-19,32H,10-17H2,1-3H3,(H2,28,30). The number of hydrogen-bond acceptors (Lipinski definition) is 6. The number of phenols is 1. The number of carbonyl (C=O) groups excluding carboxylic acids is 1. The van der Waals surface area contributed by atoms with E-state index in [-0.39, 0.29) is 11.8 Å². The van der Waals surface area contributed by atoms with Crippen molar-refractivity contribution in [2.24, 2.45) is 11.3 Å². The van der Waals surface area contributed by atoms with Gasteiger partial charge in [0.25, 0.3) is 0 Å². The molecule has 3 N–H and O–H groups in total. The molecule has 1 spiro atoms. The number of piperidine rings is 1. The number of likely N-dealkylation sites (tertiary alicyclic amines) is 1.